The quantitative estimate of drug-likeness (QED) is 0.575. The summed E-state index contributed by atoms with van der Waals surface area (Å²) in [5, 5.41) is 10.6. The normalized spacial score (nSPS) is 12.1. The van der Waals surface area contributed by atoms with Gasteiger partial charge in [0, 0.05) is 37.8 Å². The van der Waals surface area contributed by atoms with Crippen molar-refractivity contribution in [2.24, 2.45) is 4.99 Å². The maximum Gasteiger partial charge on any atom is 0.232 e. The van der Waals surface area contributed by atoms with Crippen LogP contribution < -0.4 is 15.5 Å². The smallest absolute Gasteiger partial charge is 0.232 e. The molecule has 0 radical (unpaired) electrons. The highest BCUT2D eigenvalue weighted by Crippen LogP contribution is 2.19. The minimum absolute atomic E-state index is 0.148. The predicted octanol–water partition coefficient (Wildman–Crippen LogP) is 2.87. The minimum atomic E-state index is -0.148. The van der Waals surface area contributed by atoms with Crippen LogP contribution in [0.5, 0.6) is 0 Å². The van der Waals surface area contributed by atoms with E-state index in [1.54, 1.807) is 7.05 Å². The van der Waals surface area contributed by atoms with Crippen LogP contribution in [0.25, 0.3) is 0 Å². The van der Waals surface area contributed by atoms with Crippen molar-refractivity contribution in [2.75, 3.05) is 31.6 Å². The Labute approximate surface area is 162 Å². The number of likely N-dealkylation sites (N-methyl/N-ethyl adjacent to an activating group) is 1. The molecule has 148 valence electrons. The summed E-state index contributed by atoms with van der Waals surface area (Å²) in [6, 6.07) is 8.56. The zero-order valence-electron chi connectivity index (χ0n) is 17.3. The molecule has 0 aliphatic rings. The monoisotopic (exact) mass is 372 g/mol. The summed E-state index contributed by atoms with van der Waals surface area (Å²) in [7, 11) is 1.75. The fourth-order valence-electron chi connectivity index (χ4n) is 2.62. The van der Waals surface area contributed by atoms with Gasteiger partial charge in [0.1, 0.15) is 0 Å². The van der Waals surface area contributed by atoms with Crippen molar-refractivity contribution in [3.8, 4) is 0 Å². The molecule has 0 saturated heterocycles. The minimum Gasteiger partial charge on any atom is -0.370 e. The van der Waals surface area contributed by atoms with E-state index in [9.17, 15) is 0 Å². The van der Waals surface area contributed by atoms with E-state index >= 15 is 0 Å². The molecule has 7 heteroatoms. The number of benzene rings is 1. The number of aliphatic imine (C=N–C) groups is 1. The van der Waals surface area contributed by atoms with Crippen LogP contribution in [0, 0.1) is 6.92 Å². The molecule has 0 amide bonds. The Balaban J connectivity index is 1.82. The SMILES string of the molecule is CCN(CCNC(=NC)NCc1noc(C(C)(C)C)n1)c1cccc(C)c1. The number of aryl methyl sites for hydroxylation is 1. The summed E-state index contributed by atoms with van der Waals surface area (Å²) in [5.41, 5.74) is 2.36. The van der Waals surface area contributed by atoms with Gasteiger partial charge in [0.15, 0.2) is 11.8 Å². The van der Waals surface area contributed by atoms with Crippen molar-refractivity contribution in [2.45, 2.75) is 46.6 Å². The highest BCUT2D eigenvalue weighted by molar-refractivity contribution is 5.79. The fraction of sp³-hybridized carbons (Fsp3) is 0.550. The van der Waals surface area contributed by atoms with Gasteiger partial charge in [-0.1, -0.05) is 38.1 Å². The Morgan fingerprint density at radius 1 is 1.26 bits per heavy atom. The first-order chi connectivity index (χ1) is 12.8. The number of hydrogen-bond donors (Lipinski definition) is 2. The van der Waals surface area contributed by atoms with Gasteiger partial charge in [-0.2, -0.15) is 4.98 Å². The zero-order valence-corrected chi connectivity index (χ0v) is 17.3. The molecule has 2 aromatic rings. The van der Waals surface area contributed by atoms with Gasteiger partial charge in [-0.05, 0) is 31.5 Å². The van der Waals surface area contributed by atoms with E-state index in [1.807, 2.05) is 20.8 Å². The molecular formula is C20H32N6O. The highest BCUT2D eigenvalue weighted by atomic mass is 16.5. The van der Waals surface area contributed by atoms with Gasteiger partial charge in [-0.3, -0.25) is 4.99 Å². The lowest BCUT2D eigenvalue weighted by Crippen LogP contribution is -2.41. The molecule has 1 aromatic heterocycles. The number of anilines is 1. The average Bonchev–Trinajstić information content (AvgIpc) is 3.10. The van der Waals surface area contributed by atoms with Gasteiger partial charge < -0.3 is 20.1 Å². The molecule has 0 saturated carbocycles. The molecule has 0 unspecified atom stereocenters. The van der Waals surface area contributed by atoms with Gasteiger partial charge in [0.05, 0.1) is 6.54 Å². The fourth-order valence-corrected chi connectivity index (χ4v) is 2.62. The zero-order chi connectivity index (χ0) is 19.9. The van der Waals surface area contributed by atoms with Gasteiger partial charge in [-0.15, -0.1) is 0 Å². The summed E-state index contributed by atoms with van der Waals surface area (Å²) >= 11 is 0. The number of guanidine groups is 1. The van der Waals surface area contributed by atoms with E-state index in [1.165, 1.54) is 11.3 Å². The standard InChI is InChI=1S/C20H32N6O/c1-7-26(16-10-8-9-15(2)13-16)12-11-22-19(21-6)23-14-17-24-18(27-25-17)20(3,4)5/h8-10,13H,7,11-12,14H2,1-6H3,(H2,21,22,23). The molecule has 0 spiro atoms. The number of rotatable bonds is 7. The van der Waals surface area contributed by atoms with Crippen molar-refractivity contribution in [3.63, 3.8) is 0 Å². The van der Waals surface area contributed by atoms with Crippen molar-refractivity contribution in [1.29, 1.82) is 0 Å². The Morgan fingerprint density at radius 3 is 2.63 bits per heavy atom. The lowest BCUT2D eigenvalue weighted by Gasteiger charge is -2.24. The lowest BCUT2D eigenvalue weighted by atomic mass is 9.97. The van der Waals surface area contributed by atoms with Crippen molar-refractivity contribution in [1.82, 2.24) is 20.8 Å². The summed E-state index contributed by atoms with van der Waals surface area (Å²) < 4.78 is 5.31. The lowest BCUT2D eigenvalue weighted by molar-refractivity contribution is 0.318. The summed E-state index contributed by atoms with van der Waals surface area (Å²) in [6.07, 6.45) is 0. The van der Waals surface area contributed by atoms with E-state index in [0.29, 0.717) is 18.3 Å². The largest absolute Gasteiger partial charge is 0.370 e. The predicted molar refractivity (Wildman–Crippen MR) is 110 cm³/mol. The van der Waals surface area contributed by atoms with Crippen LogP contribution in [0.2, 0.25) is 0 Å². The average molecular weight is 373 g/mol. The summed E-state index contributed by atoms with van der Waals surface area (Å²) in [5.74, 6) is 1.98. The molecule has 1 heterocycles. The third-order valence-electron chi connectivity index (χ3n) is 4.17. The molecule has 0 bridgehead atoms. The molecule has 27 heavy (non-hydrogen) atoms. The van der Waals surface area contributed by atoms with Gasteiger partial charge in [0.2, 0.25) is 5.89 Å². The van der Waals surface area contributed by atoms with Crippen LogP contribution in [0.1, 0.15) is 45.0 Å². The molecule has 0 aliphatic heterocycles. The Kier molecular flexibility index (Phi) is 7.21. The maximum atomic E-state index is 5.31. The van der Waals surface area contributed by atoms with Crippen LogP contribution in [0.3, 0.4) is 0 Å². The molecule has 1 aromatic carbocycles. The Hall–Kier alpha value is -2.57. The molecule has 2 rings (SSSR count). The van der Waals surface area contributed by atoms with E-state index in [2.05, 4.69) is 68.8 Å². The second kappa shape index (κ2) is 9.39. The number of nitrogens with zero attached hydrogens (tertiary/aromatic N) is 4. The summed E-state index contributed by atoms with van der Waals surface area (Å²) in [4.78, 5) is 11.0. The highest BCUT2D eigenvalue weighted by Gasteiger charge is 2.21. The third kappa shape index (κ3) is 6.27. The molecule has 0 atom stereocenters. The first kappa shape index (κ1) is 20.7. The van der Waals surface area contributed by atoms with Crippen LogP contribution in [-0.2, 0) is 12.0 Å². The topological polar surface area (TPSA) is 78.6 Å². The molecule has 7 nitrogen and oxygen atoms in total. The van der Waals surface area contributed by atoms with E-state index in [-0.39, 0.29) is 5.41 Å². The van der Waals surface area contributed by atoms with Crippen LogP contribution >= 0.6 is 0 Å². The van der Waals surface area contributed by atoms with Crippen molar-refractivity contribution >= 4 is 11.6 Å². The second-order valence-electron chi connectivity index (χ2n) is 7.54. The summed E-state index contributed by atoms with van der Waals surface area (Å²) in [6.45, 7) is 13.5. The van der Waals surface area contributed by atoms with Crippen molar-refractivity contribution < 1.29 is 4.52 Å². The Morgan fingerprint density at radius 2 is 2.04 bits per heavy atom. The first-order valence-electron chi connectivity index (χ1n) is 9.42. The second-order valence-corrected chi connectivity index (χ2v) is 7.54. The molecular weight excluding hydrogens is 340 g/mol. The van der Waals surface area contributed by atoms with Crippen LogP contribution in [-0.4, -0.2) is 42.8 Å². The molecule has 2 N–H and O–H groups in total. The van der Waals surface area contributed by atoms with Gasteiger partial charge in [0.25, 0.3) is 0 Å². The van der Waals surface area contributed by atoms with E-state index in [4.69, 9.17) is 4.52 Å². The molecule has 0 fully saturated rings. The molecule has 0 aliphatic carbocycles. The Bertz CT molecular complexity index is 747. The number of hydrogen-bond acceptors (Lipinski definition) is 5. The van der Waals surface area contributed by atoms with Gasteiger partial charge in [-0.25, -0.2) is 0 Å². The first-order valence-corrected chi connectivity index (χ1v) is 9.42. The van der Waals surface area contributed by atoms with E-state index < -0.39 is 0 Å². The van der Waals surface area contributed by atoms with E-state index in [0.717, 1.165) is 25.6 Å². The number of aromatic nitrogens is 2. The van der Waals surface area contributed by atoms with Gasteiger partial charge >= 0.3 is 0 Å². The number of nitrogens with one attached hydrogen (secondary N) is 2. The van der Waals surface area contributed by atoms with Crippen LogP contribution in [0.4, 0.5) is 5.69 Å². The van der Waals surface area contributed by atoms with Crippen LogP contribution in [0.15, 0.2) is 33.8 Å². The van der Waals surface area contributed by atoms with Crippen molar-refractivity contribution in [3.05, 3.63) is 41.5 Å². The maximum absolute atomic E-state index is 5.31. The third-order valence-corrected chi connectivity index (χ3v) is 4.17.